The van der Waals surface area contributed by atoms with Crippen LogP contribution in [0.15, 0.2) is 54.6 Å². The summed E-state index contributed by atoms with van der Waals surface area (Å²) in [5.41, 5.74) is -1.04. The fraction of sp³-hybridized carbons (Fsp3) is 0.250. The minimum Gasteiger partial charge on any atom is -0.479 e. The Morgan fingerprint density at radius 3 is 2.04 bits per heavy atom. The predicted octanol–water partition coefficient (Wildman–Crippen LogP) is 1.70. The van der Waals surface area contributed by atoms with Gasteiger partial charge in [0.15, 0.2) is 0 Å². The van der Waals surface area contributed by atoms with E-state index < -0.39 is 36.0 Å². The number of aliphatic carboxylic acids is 1. The molecule has 2 aromatic rings. The van der Waals surface area contributed by atoms with Gasteiger partial charge in [0.05, 0.1) is 30.4 Å². The van der Waals surface area contributed by atoms with Crippen molar-refractivity contribution in [2.45, 2.75) is 25.2 Å². The highest BCUT2D eigenvalue weighted by Gasteiger charge is 2.50. The Hall–Kier alpha value is -3.03. The van der Waals surface area contributed by atoms with Crippen LogP contribution in [-0.2, 0) is 16.1 Å². The first-order chi connectivity index (χ1) is 12.9. The van der Waals surface area contributed by atoms with Crippen LogP contribution >= 0.6 is 0 Å². The zero-order valence-electron chi connectivity index (χ0n) is 14.7. The molecule has 140 valence electrons. The molecule has 7 nitrogen and oxygen atoms in total. The van der Waals surface area contributed by atoms with Crippen LogP contribution in [0.2, 0.25) is 0 Å². The summed E-state index contributed by atoms with van der Waals surface area (Å²) in [5, 5.41) is 20.0. The Morgan fingerprint density at radius 2 is 1.56 bits per heavy atom. The van der Waals surface area contributed by atoms with Gasteiger partial charge < -0.3 is 14.9 Å². The number of nitrogens with zero attached hydrogens (tertiary/aromatic N) is 1. The maximum absolute atomic E-state index is 12.6. The minimum absolute atomic E-state index is 0.0960. The monoisotopic (exact) mass is 369 g/mol. The van der Waals surface area contributed by atoms with E-state index in [2.05, 4.69) is 0 Å². The molecular weight excluding hydrogens is 350 g/mol. The molecule has 0 radical (unpaired) electrons. The van der Waals surface area contributed by atoms with Crippen molar-refractivity contribution < 1.29 is 29.3 Å². The molecule has 0 aliphatic carbocycles. The number of aliphatic hydroxyl groups excluding tert-OH is 1. The fourth-order valence-corrected chi connectivity index (χ4v) is 3.01. The van der Waals surface area contributed by atoms with Crippen molar-refractivity contribution in [2.75, 3.05) is 6.54 Å². The summed E-state index contributed by atoms with van der Waals surface area (Å²) in [4.78, 5) is 38.0. The quantitative estimate of drug-likeness (QED) is 0.720. The summed E-state index contributed by atoms with van der Waals surface area (Å²) >= 11 is 0. The van der Waals surface area contributed by atoms with E-state index in [0.29, 0.717) is 5.56 Å². The molecule has 3 rings (SSSR count). The van der Waals surface area contributed by atoms with Gasteiger partial charge >= 0.3 is 5.97 Å². The summed E-state index contributed by atoms with van der Waals surface area (Å²) in [7, 11) is 0. The minimum atomic E-state index is -2.15. The van der Waals surface area contributed by atoms with Crippen LogP contribution in [0.4, 0.5) is 0 Å². The number of benzene rings is 2. The molecule has 0 saturated carbocycles. The number of amides is 2. The van der Waals surface area contributed by atoms with Crippen LogP contribution in [-0.4, -0.2) is 51.1 Å². The largest absolute Gasteiger partial charge is 0.479 e. The summed E-state index contributed by atoms with van der Waals surface area (Å²) in [5.74, 6) is -2.67. The van der Waals surface area contributed by atoms with Gasteiger partial charge in [-0.3, -0.25) is 14.5 Å². The van der Waals surface area contributed by atoms with Gasteiger partial charge in [0, 0.05) is 0 Å². The van der Waals surface area contributed by atoms with Crippen molar-refractivity contribution in [1.82, 2.24) is 4.90 Å². The molecule has 2 atom stereocenters. The summed E-state index contributed by atoms with van der Waals surface area (Å²) < 4.78 is 5.60. The van der Waals surface area contributed by atoms with E-state index in [1.807, 2.05) is 0 Å². The Morgan fingerprint density at radius 1 is 1.04 bits per heavy atom. The molecule has 1 aliphatic heterocycles. The molecular formula is C20H19NO6. The standard InChI is InChI=1S/C20H19NO6/c1-13(22)20(19(25)26,27-11-14-7-3-2-4-8-14)12-21-17(23)15-9-5-6-10-16(15)18(21)24/h2-10,13,22H,11-12H2,1H3,(H,25,26). The second kappa shape index (κ2) is 7.30. The number of hydrogen-bond donors (Lipinski definition) is 2. The van der Waals surface area contributed by atoms with Gasteiger partial charge in [-0.25, -0.2) is 4.79 Å². The van der Waals surface area contributed by atoms with E-state index in [0.717, 1.165) is 4.90 Å². The number of aliphatic hydroxyl groups is 1. The first-order valence-corrected chi connectivity index (χ1v) is 8.41. The number of carboxylic acid groups (broad SMARTS) is 1. The molecule has 2 amide bonds. The summed E-state index contributed by atoms with van der Waals surface area (Å²) in [6.45, 7) is 0.567. The third kappa shape index (κ3) is 3.34. The third-order valence-electron chi connectivity index (χ3n) is 4.65. The second-order valence-corrected chi connectivity index (χ2v) is 6.39. The average molecular weight is 369 g/mol. The Balaban J connectivity index is 1.89. The van der Waals surface area contributed by atoms with Crippen LogP contribution in [0.3, 0.4) is 0 Å². The number of carbonyl (C=O) groups is 3. The highest BCUT2D eigenvalue weighted by molar-refractivity contribution is 6.21. The number of imide groups is 1. The van der Waals surface area contributed by atoms with Crippen molar-refractivity contribution in [3.8, 4) is 0 Å². The van der Waals surface area contributed by atoms with Gasteiger partial charge in [-0.05, 0) is 24.6 Å². The number of fused-ring (bicyclic) bond motifs is 1. The van der Waals surface area contributed by atoms with Crippen LogP contribution in [0.5, 0.6) is 0 Å². The maximum atomic E-state index is 12.6. The molecule has 1 heterocycles. The van der Waals surface area contributed by atoms with E-state index in [-0.39, 0.29) is 17.7 Å². The molecule has 2 N–H and O–H groups in total. The number of carboxylic acids is 1. The maximum Gasteiger partial charge on any atom is 0.340 e. The zero-order valence-corrected chi connectivity index (χ0v) is 14.7. The van der Waals surface area contributed by atoms with E-state index in [1.54, 1.807) is 42.5 Å². The van der Waals surface area contributed by atoms with Gasteiger partial charge in [-0.2, -0.15) is 0 Å². The highest BCUT2D eigenvalue weighted by atomic mass is 16.5. The van der Waals surface area contributed by atoms with E-state index in [1.165, 1.54) is 19.1 Å². The number of carbonyl (C=O) groups excluding carboxylic acids is 2. The predicted molar refractivity (Wildman–Crippen MR) is 95.1 cm³/mol. The molecule has 0 fully saturated rings. The lowest BCUT2D eigenvalue weighted by Gasteiger charge is -2.34. The molecule has 0 saturated heterocycles. The Labute approximate surface area is 155 Å². The van der Waals surface area contributed by atoms with Crippen molar-refractivity contribution in [3.05, 3.63) is 71.3 Å². The number of rotatable bonds is 7. The lowest BCUT2D eigenvalue weighted by atomic mass is 9.96. The smallest absolute Gasteiger partial charge is 0.340 e. The molecule has 0 spiro atoms. The lowest BCUT2D eigenvalue weighted by Crippen LogP contribution is -2.58. The first-order valence-electron chi connectivity index (χ1n) is 8.41. The van der Waals surface area contributed by atoms with E-state index in [4.69, 9.17) is 4.74 Å². The highest BCUT2D eigenvalue weighted by Crippen LogP contribution is 2.28. The van der Waals surface area contributed by atoms with Crippen molar-refractivity contribution in [3.63, 3.8) is 0 Å². The van der Waals surface area contributed by atoms with Crippen LogP contribution in [0.25, 0.3) is 0 Å². The average Bonchev–Trinajstić information content (AvgIpc) is 2.90. The molecule has 2 aromatic carbocycles. The van der Waals surface area contributed by atoms with Crippen LogP contribution in [0, 0.1) is 0 Å². The normalized spacial score (nSPS) is 16.7. The zero-order chi connectivity index (χ0) is 19.6. The number of ether oxygens (including phenoxy) is 1. The molecule has 0 bridgehead atoms. The van der Waals surface area contributed by atoms with Crippen LogP contribution in [0.1, 0.15) is 33.2 Å². The van der Waals surface area contributed by atoms with Gasteiger partial charge in [0.1, 0.15) is 0 Å². The molecule has 2 unspecified atom stereocenters. The van der Waals surface area contributed by atoms with Crippen molar-refractivity contribution in [2.24, 2.45) is 0 Å². The summed E-state index contributed by atoms with van der Waals surface area (Å²) in [6, 6.07) is 15.1. The second-order valence-electron chi connectivity index (χ2n) is 6.39. The summed E-state index contributed by atoms with van der Waals surface area (Å²) in [6.07, 6.45) is -1.47. The lowest BCUT2D eigenvalue weighted by molar-refractivity contribution is -0.186. The van der Waals surface area contributed by atoms with Gasteiger partial charge in [0.2, 0.25) is 5.60 Å². The van der Waals surface area contributed by atoms with E-state index >= 15 is 0 Å². The van der Waals surface area contributed by atoms with Gasteiger partial charge in [-0.1, -0.05) is 42.5 Å². The molecule has 1 aliphatic rings. The molecule has 7 heteroatoms. The Kier molecular flexibility index (Phi) is 5.07. The van der Waals surface area contributed by atoms with Crippen LogP contribution < -0.4 is 0 Å². The Bertz CT molecular complexity index is 844. The third-order valence-corrected chi connectivity index (χ3v) is 4.65. The van der Waals surface area contributed by atoms with Crippen molar-refractivity contribution >= 4 is 17.8 Å². The topological polar surface area (TPSA) is 104 Å². The van der Waals surface area contributed by atoms with Gasteiger partial charge in [0.25, 0.3) is 11.8 Å². The first kappa shape index (κ1) is 18.8. The van der Waals surface area contributed by atoms with Crippen molar-refractivity contribution in [1.29, 1.82) is 0 Å². The van der Waals surface area contributed by atoms with Gasteiger partial charge in [-0.15, -0.1) is 0 Å². The fourth-order valence-electron chi connectivity index (χ4n) is 3.01. The number of hydrogen-bond acceptors (Lipinski definition) is 5. The SMILES string of the molecule is CC(O)C(CN1C(=O)c2ccccc2C1=O)(OCc1ccccc1)C(=O)O. The molecule has 0 aromatic heterocycles. The molecule has 27 heavy (non-hydrogen) atoms. The van der Waals surface area contributed by atoms with E-state index in [9.17, 15) is 24.6 Å².